The van der Waals surface area contributed by atoms with Gasteiger partial charge >= 0.3 is 0 Å². The van der Waals surface area contributed by atoms with Crippen LogP contribution >= 0.6 is 0 Å². The molecular weight excluding hydrogens is 278 g/mol. The first-order valence-corrected chi connectivity index (χ1v) is 8.28. The lowest BCUT2D eigenvalue weighted by molar-refractivity contribution is 0.0605. The molecule has 1 aromatic heterocycles. The minimum absolute atomic E-state index is 0.128. The van der Waals surface area contributed by atoms with E-state index in [1.807, 2.05) is 13.8 Å². The van der Waals surface area contributed by atoms with Crippen molar-refractivity contribution in [3.05, 3.63) is 18.3 Å². The standard InChI is InChI=1S/C13H21N3O3S/c1-3-14-13-12(5-4-7-15-13)20(18,19)16-8-6-10(2)11(17)9-16/h4-5,7,10-11,17H,3,6,8-9H2,1-2H3,(H,14,15). The summed E-state index contributed by atoms with van der Waals surface area (Å²) in [6.45, 7) is 4.99. The molecule has 6 nitrogen and oxygen atoms in total. The Bertz CT molecular complexity index is 562. The van der Waals surface area contributed by atoms with E-state index < -0.39 is 16.1 Å². The third-order valence-corrected chi connectivity index (χ3v) is 5.51. The average Bonchev–Trinajstić information content (AvgIpc) is 2.42. The molecule has 0 aromatic carbocycles. The van der Waals surface area contributed by atoms with E-state index in [-0.39, 0.29) is 17.4 Å². The van der Waals surface area contributed by atoms with Crippen molar-refractivity contribution in [3.8, 4) is 0 Å². The molecule has 1 aliphatic heterocycles. The number of piperidine rings is 1. The summed E-state index contributed by atoms with van der Waals surface area (Å²) in [6.07, 6.45) is 1.61. The van der Waals surface area contributed by atoms with Gasteiger partial charge in [0.1, 0.15) is 10.7 Å². The van der Waals surface area contributed by atoms with E-state index >= 15 is 0 Å². The van der Waals surface area contributed by atoms with E-state index in [1.54, 1.807) is 18.3 Å². The van der Waals surface area contributed by atoms with Gasteiger partial charge in [-0.05, 0) is 31.4 Å². The maximum absolute atomic E-state index is 12.7. The fraction of sp³-hybridized carbons (Fsp3) is 0.615. The molecule has 20 heavy (non-hydrogen) atoms. The normalized spacial score (nSPS) is 24.6. The number of nitrogens with zero attached hydrogens (tertiary/aromatic N) is 2. The highest BCUT2D eigenvalue weighted by Gasteiger charge is 2.34. The summed E-state index contributed by atoms with van der Waals surface area (Å²) in [6, 6.07) is 3.15. The molecule has 2 atom stereocenters. The fourth-order valence-corrected chi connectivity index (χ4v) is 3.87. The van der Waals surface area contributed by atoms with E-state index in [1.165, 1.54) is 4.31 Å². The topological polar surface area (TPSA) is 82.5 Å². The van der Waals surface area contributed by atoms with Gasteiger partial charge in [0.15, 0.2) is 0 Å². The maximum atomic E-state index is 12.7. The molecule has 0 aliphatic carbocycles. The Kier molecular flexibility index (Phi) is 4.62. The van der Waals surface area contributed by atoms with Crippen molar-refractivity contribution in [2.75, 3.05) is 25.0 Å². The van der Waals surface area contributed by atoms with Crippen LogP contribution in [-0.2, 0) is 10.0 Å². The summed E-state index contributed by atoms with van der Waals surface area (Å²) in [5.74, 6) is 0.492. The highest BCUT2D eigenvalue weighted by atomic mass is 32.2. The van der Waals surface area contributed by atoms with Crippen LogP contribution in [0.25, 0.3) is 0 Å². The van der Waals surface area contributed by atoms with Crippen LogP contribution in [0.15, 0.2) is 23.2 Å². The number of hydrogen-bond donors (Lipinski definition) is 2. The Labute approximate surface area is 119 Å². The number of aliphatic hydroxyl groups excluding tert-OH is 1. The van der Waals surface area contributed by atoms with Gasteiger partial charge in [0, 0.05) is 25.8 Å². The molecule has 1 aliphatic rings. The third-order valence-electron chi connectivity index (χ3n) is 3.61. The van der Waals surface area contributed by atoms with Gasteiger partial charge in [0.05, 0.1) is 6.10 Å². The number of rotatable bonds is 4. The van der Waals surface area contributed by atoms with Crippen LogP contribution in [0.5, 0.6) is 0 Å². The summed E-state index contributed by atoms with van der Waals surface area (Å²) in [4.78, 5) is 4.25. The number of anilines is 1. The minimum Gasteiger partial charge on any atom is -0.391 e. The molecular formula is C13H21N3O3S. The summed E-state index contributed by atoms with van der Waals surface area (Å²) in [7, 11) is -3.62. The average molecular weight is 299 g/mol. The molecule has 2 unspecified atom stereocenters. The van der Waals surface area contributed by atoms with Crippen LogP contribution in [-0.4, -0.2) is 48.6 Å². The fourth-order valence-electron chi connectivity index (χ4n) is 2.28. The van der Waals surface area contributed by atoms with Crippen LogP contribution in [0, 0.1) is 5.92 Å². The van der Waals surface area contributed by atoms with E-state index in [0.29, 0.717) is 25.3 Å². The molecule has 0 radical (unpaired) electrons. The van der Waals surface area contributed by atoms with E-state index in [4.69, 9.17) is 0 Å². The number of pyridine rings is 1. The van der Waals surface area contributed by atoms with E-state index in [9.17, 15) is 13.5 Å². The van der Waals surface area contributed by atoms with Crippen molar-refractivity contribution in [1.29, 1.82) is 0 Å². The summed E-state index contributed by atoms with van der Waals surface area (Å²) >= 11 is 0. The molecule has 0 saturated carbocycles. The van der Waals surface area contributed by atoms with Crippen molar-refractivity contribution < 1.29 is 13.5 Å². The second-order valence-electron chi connectivity index (χ2n) is 5.08. The molecule has 0 bridgehead atoms. The SMILES string of the molecule is CCNc1ncccc1S(=O)(=O)N1CCC(C)C(O)C1. The Morgan fingerprint density at radius 1 is 1.55 bits per heavy atom. The molecule has 0 amide bonds. The van der Waals surface area contributed by atoms with Gasteiger partial charge in [-0.25, -0.2) is 13.4 Å². The van der Waals surface area contributed by atoms with Crippen molar-refractivity contribution in [1.82, 2.24) is 9.29 Å². The predicted octanol–water partition coefficient (Wildman–Crippen LogP) is 0.905. The lowest BCUT2D eigenvalue weighted by Crippen LogP contribution is -2.45. The van der Waals surface area contributed by atoms with E-state index in [2.05, 4.69) is 10.3 Å². The Balaban J connectivity index is 2.31. The molecule has 7 heteroatoms. The Morgan fingerprint density at radius 3 is 2.95 bits per heavy atom. The first kappa shape index (κ1) is 15.2. The number of aromatic nitrogens is 1. The zero-order valence-corrected chi connectivity index (χ0v) is 12.6. The lowest BCUT2D eigenvalue weighted by atomic mass is 9.98. The summed E-state index contributed by atoms with van der Waals surface area (Å²) < 4.78 is 26.7. The van der Waals surface area contributed by atoms with Gasteiger partial charge in [0.25, 0.3) is 0 Å². The second kappa shape index (κ2) is 6.07. The van der Waals surface area contributed by atoms with Gasteiger partial charge < -0.3 is 10.4 Å². The zero-order valence-electron chi connectivity index (χ0n) is 11.8. The van der Waals surface area contributed by atoms with Gasteiger partial charge in [-0.2, -0.15) is 4.31 Å². The molecule has 112 valence electrons. The Morgan fingerprint density at radius 2 is 2.30 bits per heavy atom. The molecule has 1 fully saturated rings. The minimum atomic E-state index is -3.62. The van der Waals surface area contributed by atoms with Crippen molar-refractivity contribution in [3.63, 3.8) is 0 Å². The van der Waals surface area contributed by atoms with Crippen LogP contribution in [0.4, 0.5) is 5.82 Å². The lowest BCUT2D eigenvalue weighted by Gasteiger charge is -2.33. The molecule has 1 saturated heterocycles. The quantitative estimate of drug-likeness (QED) is 0.863. The zero-order chi connectivity index (χ0) is 14.8. The first-order chi connectivity index (χ1) is 9.46. The van der Waals surface area contributed by atoms with Crippen molar-refractivity contribution >= 4 is 15.8 Å². The number of hydrogen-bond acceptors (Lipinski definition) is 5. The smallest absolute Gasteiger partial charge is 0.246 e. The predicted molar refractivity (Wildman–Crippen MR) is 76.9 cm³/mol. The summed E-state index contributed by atoms with van der Waals surface area (Å²) in [5, 5.41) is 12.9. The first-order valence-electron chi connectivity index (χ1n) is 6.84. The number of sulfonamides is 1. The van der Waals surface area contributed by atoms with Crippen LogP contribution in [0.3, 0.4) is 0 Å². The van der Waals surface area contributed by atoms with Crippen molar-refractivity contribution in [2.24, 2.45) is 5.92 Å². The van der Waals surface area contributed by atoms with Gasteiger partial charge in [-0.1, -0.05) is 6.92 Å². The largest absolute Gasteiger partial charge is 0.391 e. The van der Waals surface area contributed by atoms with Crippen LogP contribution in [0.2, 0.25) is 0 Å². The van der Waals surface area contributed by atoms with Gasteiger partial charge in [0.2, 0.25) is 10.0 Å². The third kappa shape index (κ3) is 2.94. The second-order valence-corrected chi connectivity index (χ2v) is 6.98. The van der Waals surface area contributed by atoms with Gasteiger partial charge in [-0.3, -0.25) is 0 Å². The molecule has 2 heterocycles. The molecule has 2 N–H and O–H groups in total. The summed E-state index contributed by atoms with van der Waals surface area (Å²) in [5.41, 5.74) is 0. The maximum Gasteiger partial charge on any atom is 0.246 e. The molecule has 0 spiro atoms. The molecule has 1 aromatic rings. The Hall–Kier alpha value is -1.18. The van der Waals surface area contributed by atoms with Gasteiger partial charge in [-0.15, -0.1) is 0 Å². The number of nitrogens with one attached hydrogen (secondary N) is 1. The van der Waals surface area contributed by atoms with E-state index in [0.717, 1.165) is 0 Å². The van der Waals surface area contributed by atoms with Crippen molar-refractivity contribution in [2.45, 2.75) is 31.3 Å². The number of β-amino-alcohol motifs (C(OH)–C–C–N with tert-alkyl or cyclic N) is 1. The van der Waals surface area contributed by atoms with Crippen LogP contribution in [0.1, 0.15) is 20.3 Å². The van der Waals surface area contributed by atoms with Crippen LogP contribution < -0.4 is 5.32 Å². The molecule has 2 rings (SSSR count). The number of aliphatic hydroxyl groups is 1. The highest BCUT2D eigenvalue weighted by Crippen LogP contribution is 2.26. The highest BCUT2D eigenvalue weighted by molar-refractivity contribution is 7.89. The monoisotopic (exact) mass is 299 g/mol.